The highest BCUT2D eigenvalue weighted by Crippen LogP contribution is 2.31. The van der Waals surface area contributed by atoms with Crippen LogP contribution in [-0.4, -0.2) is 22.1 Å². The van der Waals surface area contributed by atoms with Crippen LogP contribution < -0.4 is 4.72 Å². The second kappa shape index (κ2) is 8.13. The Morgan fingerprint density at radius 2 is 1.37 bits per heavy atom. The van der Waals surface area contributed by atoms with Crippen molar-refractivity contribution < 1.29 is 13.2 Å². The fourth-order valence-electron chi connectivity index (χ4n) is 3.66. The van der Waals surface area contributed by atoms with Gasteiger partial charge < -0.3 is 4.74 Å². The van der Waals surface area contributed by atoms with E-state index < -0.39 is 15.6 Å². The minimum absolute atomic E-state index is 0.178. The second-order valence-corrected chi connectivity index (χ2v) is 8.90. The first-order valence-corrected chi connectivity index (χ1v) is 10.8. The minimum Gasteiger partial charge on any atom is -0.372 e. The smallest absolute Gasteiger partial charge is 0.241 e. The number of ether oxygens (including phenoxy) is 1. The number of nitrogens with one attached hydrogen (secondary N) is 1. The van der Waals surface area contributed by atoms with E-state index in [4.69, 9.17) is 4.74 Å². The van der Waals surface area contributed by atoms with Crippen LogP contribution in [0.1, 0.15) is 46.7 Å². The van der Waals surface area contributed by atoms with Gasteiger partial charge in [-0.15, -0.1) is 0 Å². The number of sulfonamides is 1. The van der Waals surface area contributed by atoms with Gasteiger partial charge in [0, 0.05) is 13.7 Å². The summed E-state index contributed by atoms with van der Waals surface area (Å²) in [6, 6.07) is 9.76. The molecule has 1 N–H and O–H groups in total. The molecule has 0 aliphatic heterocycles. The third kappa shape index (κ3) is 3.96. The highest BCUT2D eigenvalue weighted by molar-refractivity contribution is 7.89. The normalized spacial score (nSPS) is 14.2. The Balaban J connectivity index is 2.45. The molecule has 27 heavy (non-hydrogen) atoms. The van der Waals surface area contributed by atoms with Crippen LogP contribution in [0.3, 0.4) is 0 Å². The van der Waals surface area contributed by atoms with Crippen LogP contribution in [0.4, 0.5) is 0 Å². The van der Waals surface area contributed by atoms with Crippen molar-refractivity contribution in [3.05, 3.63) is 63.7 Å². The minimum atomic E-state index is -3.67. The van der Waals surface area contributed by atoms with Crippen molar-refractivity contribution in [2.24, 2.45) is 0 Å². The lowest BCUT2D eigenvalue weighted by atomic mass is 9.91. The summed E-state index contributed by atoms with van der Waals surface area (Å²) in [5, 5.41) is 0. The van der Waals surface area contributed by atoms with E-state index in [0.29, 0.717) is 11.3 Å². The maximum absolute atomic E-state index is 13.2. The van der Waals surface area contributed by atoms with Crippen molar-refractivity contribution in [3.63, 3.8) is 0 Å². The summed E-state index contributed by atoms with van der Waals surface area (Å²) in [6.07, 6.45) is 0.653. The molecule has 0 saturated carbocycles. The molecule has 4 nitrogen and oxygen atoms in total. The van der Waals surface area contributed by atoms with Gasteiger partial charge in [0.1, 0.15) is 5.60 Å². The number of rotatable bonds is 7. The van der Waals surface area contributed by atoms with Crippen molar-refractivity contribution in [1.29, 1.82) is 0 Å². The first-order valence-electron chi connectivity index (χ1n) is 9.28. The summed E-state index contributed by atoms with van der Waals surface area (Å²) in [6.45, 7) is 11.9. The first-order chi connectivity index (χ1) is 12.6. The Bertz CT molecular complexity index is 885. The Morgan fingerprint density at radius 1 is 0.889 bits per heavy atom. The Labute approximate surface area is 164 Å². The molecule has 2 aromatic carbocycles. The zero-order valence-corrected chi connectivity index (χ0v) is 18.3. The summed E-state index contributed by atoms with van der Waals surface area (Å²) in [7, 11) is -2.05. The van der Waals surface area contributed by atoms with E-state index in [1.54, 1.807) is 7.11 Å². The summed E-state index contributed by atoms with van der Waals surface area (Å²) in [4.78, 5) is 0.386. The first kappa shape index (κ1) is 21.6. The van der Waals surface area contributed by atoms with Gasteiger partial charge >= 0.3 is 0 Å². The van der Waals surface area contributed by atoms with Crippen molar-refractivity contribution in [1.82, 2.24) is 4.72 Å². The quantitative estimate of drug-likeness (QED) is 0.761. The van der Waals surface area contributed by atoms with Crippen LogP contribution in [0.25, 0.3) is 0 Å². The van der Waals surface area contributed by atoms with E-state index >= 15 is 0 Å². The second-order valence-electron chi connectivity index (χ2n) is 7.20. The predicted octanol–water partition coefficient (Wildman–Crippen LogP) is 4.46. The fourth-order valence-corrected chi connectivity index (χ4v) is 5.34. The largest absolute Gasteiger partial charge is 0.372 e. The van der Waals surface area contributed by atoms with Gasteiger partial charge in [-0.1, -0.05) is 37.3 Å². The van der Waals surface area contributed by atoms with Crippen LogP contribution in [0, 0.1) is 34.6 Å². The molecule has 0 amide bonds. The molecule has 0 aliphatic carbocycles. The molecule has 0 spiro atoms. The molecule has 0 radical (unpaired) electrons. The summed E-state index contributed by atoms with van der Waals surface area (Å²) >= 11 is 0. The third-order valence-corrected chi connectivity index (χ3v) is 7.68. The SMILES string of the molecule is CCC(CNS(=O)(=O)c1c(C)c(C)c(C)c(C)c1C)(OC)c1ccccc1. The zero-order chi connectivity index (χ0) is 20.4. The lowest BCUT2D eigenvalue weighted by molar-refractivity contribution is -0.0133. The topological polar surface area (TPSA) is 55.4 Å². The maximum Gasteiger partial charge on any atom is 0.241 e. The highest BCUT2D eigenvalue weighted by atomic mass is 32.2. The molecular formula is C22H31NO3S. The van der Waals surface area contributed by atoms with E-state index in [-0.39, 0.29) is 6.54 Å². The number of hydrogen-bond donors (Lipinski definition) is 1. The van der Waals surface area contributed by atoms with Gasteiger partial charge in [-0.25, -0.2) is 13.1 Å². The molecule has 0 aliphatic rings. The van der Waals surface area contributed by atoms with Gasteiger partial charge in [0.05, 0.1) is 4.90 Å². The van der Waals surface area contributed by atoms with E-state index in [1.807, 2.05) is 71.9 Å². The molecule has 0 heterocycles. The van der Waals surface area contributed by atoms with Crippen LogP contribution in [0.5, 0.6) is 0 Å². The Kier molecular flexibility index (Phi) is 6.51. The fraction of sp³-hybridized carbons (Fsp3) is 0.455. The van der Waals surface area contributed by atoms with Crippen LogP contribution >= 0.6 is 0 Å². The van der Waals surface area contributed by atoms with Crippen LogP contribution in [0.15, 0.2) is 35.2 Å². The number of benzene rings is 2. The molecular weight excluding hydrogens is 358 g/mol. The average molecular weight is 390 g/mol. The van der Waals surface area contributed by atoms with Crippen molar-refractivity contribution in [2.45, 2.75) is 58.5 Å². The van der Waals surface area contributed by atoms with Gasteiger partial charge in [0.25, 0.3) is 0 Å². The monoisotopic (exact) mass is 389 g/mol. The number of hydrogen-bond acceptors (Lipinski definition) is 3. The van der Waals surface area contributed by atoms with E-state index in [9.17, 15) is 8.42 Å². The van der Waals surface area contributed by atoms with Crippen molar-refractivity contribution in [3.8, 4) is 0 Å². The van der Waals surface area contributed by atoms with Gasteiger partial charge in [-0.3, -0.25) is 0 Å². The van der Waals surface area contributed by atoms with Crippen molar-refractivity contribution in [2.75, 3.05) is 13.7 Å². The molecule has 148 valence electrons. The molecule has 0 aromatic heterocycles. The molecule has 1 atom stereocenters. The maximum atomic E-state index is 13.2. The van der Waals surface area contributed by atoms with Crippen molar-refractivity contribution >= 4 is 10.0 Å². The molecule has 2 rings (SSSR count). The Hall–Kier alpha value is -1.69. The summed E-state index contributed by atoms with van der Waals surface area (Å²) < 4.78 is 35.1. The third-order valence-electron chi connectivity index (χ3n) is 6.01. The molecule has 0 bridgehead atoms. The average Bonchev–Trinajstić information content (AvgIpc) is 2.67. The molecule has 0 fully saturated rings. The van der Waals surface area contributed by atoms with E-state index in [0.717, 1.165) is 33.4 Å². The molecule has 1 unspecified atom stereocenters. The van der Waals surface area contributed by atoms with Gasteiger partial charge in [-0.2, -0.15) is 0 Å². The molecule has 5 heteroatoms. The van der Waals surface area contributed by atoms with E-state index in [2.05, 4.69) is 4.72 Å². The lowest BCUT2D eigenvalue weighted by Crippen LogP contribution is -2.42. The highest BCUT2D eigenvalue weighted by Gasteiger charge is 2.33. The molecule has 0 saturated heterocycles. The van der Waals surface area contributed by atoms with Crippen LogP contribution in [-0.2, 0) is 20.4 Å². The Morgan fingerprint density at radius 3 is 1.81 bits per heavy atom. The summed E-state index contributed by atoms with van der Waals surface area (Å²) in [5.41, 5.74) is 5.07. The lowest BCUT2D eigenvalue weighted by Gasteiger charge is -2.32. The van der Waals surface area contributed by atoms with Gasteiger partial charge in [0.2, 0.25) is 10.0 Å². The van der Waals surface area contributed by atoms with E-state index in [1.165, 1.54) is 0 Å². The zero-order valence-electron chi connectivity index (χ0n) is 17.4. The standard InChI is InChI=1S/C22H31NO3S/c1-8-22(26-7,20-12-10-9-11-13-20)14-23-27(24,25)21-18(5)16(3)15(2)17(4)19(21)6/h9-13,23H,8,14H2,1-7H3. The number of methoxy groups -OCH3 is 1. The van der Waals surface area contributed by atoms with Crippen LogP contribution in [0.2, 0.25) is 0 Å². The molecule has 2 aromatic rings. The predicted molar refractivity (Wildman–Crippen MR) is 111 cm³/mol. The van der Waals surface area contributed by atoms with Gasteiger partial charge in [-0.05, 0) is 74.4 Å². The summed E-state index contributed by atoms with van der Waals surface area (Å²) in [5.74, 6) is 0. The van der Waals surface area contributed by atoms with Gasteiger partial charge in [0.15, 0.2) is 0 Å².